The van der Waals surface area contributed by atoms with Crippen LogP contribution < -0.4 is 4.73 Å². The second-order valence-electron chi connectivity index (χ2n) is 7.92. The van der Waals surface area contributed by atoms with Crippen molar-refractivity contribution >= 4 is 5.69 Å². The molecular formula is C19H21N3O4. The van der Waals surface area contributed by atoms with E-state index in [1.807, 2.05) is 0 Å². The highest BCUT2D eigenvalue weighted by atomic mass is 16.6. The molecule has 7 nitrogen and oxygen atoms in total. The average Bonchev–Trinajstić information content (AvgIpc) is 3.11. The largest absolute Gasteiger partial charge is 0.710 e. The first-order valence-corrected chi connectivity index (χ1v) is 9.40. The molecule has 0 aliphatic heterocycles. The third-order valence-corrected chi connectivity index (χ3v) is 6.77. The highest BCUT2D eigenvalue weighted by Gasteiger charge is 2.55. The summed E-state index contributed by atoms with van der Waals surface area (Å²) in [6.45, 7) is 0. The number of aromatic nitrogens is 2. The molecule has 1 aromatic heterocycles. The van der Waals surface area contributed by atoms with Crippen molar-refractivity contribution in [2.24, 2.45) is 11.8 Å². The van der Waals surface area contributed by atoms with Gasteiger partial charge in [0.15, 0.2) is 11.4 Å². The summed E-state index contributed by atoms with van der Waals surface area (Å²) in [4.78, 5) is 10.6. The van der Waals surface area contributed by atoms with Gasteiger partial charge in [0.1, 0.15) is 0 Å². The molecule has 3 aliphatic carbocycles. The lowest BCUT2D eigenvalue weighted by Crippen LogP contribution is -2.37. The fourth-order valence-corrected chi connectivity index (χ4v) is 5.90. The fraction of sp³-hybridized carbons (Fsp3) is 0.526. The van der Waals surface area contributed by atoms with Crippen molar-refractivity contribution in [1.29, 1.82) is 0 Å². The monoisotopic (exact) mass is 355 g/mol. The molecule has 2 aromatic rings. The van der Waals surface area contributed by atoms with Gasteiger partial charge in [0.25, 0.3) is 5.69 Å². The summed E-state index contributed by atoms with van der Waals surface area (Å²) in [6, 6.07) is 5.93. The van der Waals surface area contributed by atoms with Crippen molar-refractivity contribution in [2.75, 3.05) is 0 Å². The van der Waals surface area contributed by atoms with Crippen molar-refractivity contribution in [3.05, 3.63) is 51.0 Å². The topological polar surface area (TPSA) is 95.2 Å². The van der Waals surface area contributed by atoms with Gasteiger partial charge in [0.2, 0.25) is 0 Å². The fourth-order valence-electron chi connectivity index (χ4n) is 5.90. The van der Waals surface area contributed by atoms with Gasteiger partial charge in [-0.1, -0.05) is 31.7 Å². The Hall–Kier alpha value is -2.57. The van der Waals surface area contributed by atoms with Crippen molar-refractivity contribution in [2.45, 2.75) is 50.4 Å². The van der Waals surface area contributed by atoms with Crippen LogP contribution in [0.2, 0.25) is 0 Å². The summed E-state index contributed by atoms with van der Waals surface area (Å²) >= 11 is 0. The first kappa shape index (κ1) is 15.7. The minimum Gasteiger partial charge on any atom is -0.710 e. The number of nitrogens with zero attached hydrogens (tertiary/aromatic N) is 3. The number of fused-ring (bicyclic) bond motifs is 3. The molecule has 1 heterocycles. The molecule has 26 heavy (non-hydrogen) atoms. The van der Waals surface area contributed by atoms with E-state index in [1.54, 1.807) is 12.1 Å². The van der Waals surface area contributed by atoms with Crippen LogP contribution in [0.5, 0.6) is 0 Å². The Morgan fingerprint density at radius 1 is 1.15 bits per heavy atom. The zero-order chi connectivity index (χ0) is 18.0. The standard InChI is InChI=1S/C19H21N3O4/c23-20-17-14-8-2-4-11-5-3-9-15(16(11)14)18(17)21(24)19(20)12-6-1-7-13(10-12)22(25)26/h1,6-7,10-11,14-16,23H,2-5,8-9H2/t11-,14-,15-,16-/m0/s1. The second kappa shape index (κ2) is 5.46. The zero-order valence-corrected chi connectivity index (χ0v) is 14.4. The van der Waals surface area contributed by atoms with Crippen LogP contribution in [0.1, 0.15) is 61.7 Å². The highest BCUT2D eigenvalue weighted by molar-refractivity contribution is 5.58. The van der Waals surface area contributed by atoms with Crippen LogP contribution in [0.15, 0.2) is 24.3 Å². The lowest BCUT2D eigenvalue weighted by Gasteiger charge is -2.40. The molecular weight excluding hydrogens is 334 g/mol. The Kier molecular flexibility index (Phi) is 3.29. The molecule has 3 aliphatic rings. The lowest BCUT2D eigenvalue weighted by atomic mass is 9.64. The molecule has 0 radical (unpaired) electrons. The second-order valence-corrected chi connectivity index (χ2v) is 7.92. The van der Waals surface area contributed by atoms with E-state index in [4.69, 9.17) is 0 Å². The van der Waals surface area contributed by atoms with E-state index < -0.39 is 4.92 Å². The summed E-state index contributed by atoms with van der Waals surface area (Å²) in [7, 11) is 0. The van der Waals surface area contributed by atoms with Gasteiger partial charge in [0.05, 0.1) is 10.5 Å². The average molecular weight is 355 g/mol. The van der Waals surface area contributed by atoms with Crippen molar-refractivity contribution < 1.29 is 14.9 Å². The molecule has 7 heteroatoms. The molecule has 0 saturated heterocycles. The smallest absolute Gasteiger partial charge is 0.331 e. The summed E-state index contributed by atoms with van der Waals surface area (Å²) in [5.41, 5.74) is 1.75. The third-order valence-electron chi connectivity index (χ3n) is 6.77. The van der Waals surface area contributed by atoms with E-state index in [0.29, 0.717) is 23.1 Å². The first-order chi connectivity index (χ1) is 12.6. The van der Waals surface area contributed by atoms with Crippen LogP contribution in [-0.2, 0) is 0 Å². The zero-order valence-electron chi connectivity index (χ0n) is 14.4. The normalized spacial score (nSPS) is 29.2. The van der Waals surface area contributed by atoms with Crippen molar-refractivity contribution in [1.82, 2.24) is 4.73 Å². The van der Waals surface area contributed by atoms with Gasteiger partial charge in [-0.25, -0.2) is 4.73 Å². The number of imidazole rings is 1. The molecule has 4 atom stereocenters. The summed E-state index contributed by atoms with van der Waals surface area (Å²) < 4.78 is 1.88. The van der Waals surface area contributed by atoms with E-state index in [0.717, 1.165) is 40.8 Å². The molecule has 5 rings (SSSR count). The van der Waals surface area contributed by atoms with Crippen molar-refractivity contribution in [3.8, 4) is 11.4 Å². The molecule has 1 N–H and O–H groups in total. The van der Waals surface area contributed by atoms with Crippen LogP contribution >= 0.6 is 0 Å². The molecule has 0 amide bonds. The number of nitro groups is 1. The Bertz CT molecular complexity index is 865. The molecule has 0 bridgehead atoms. The molecule has 1 aromatic carbocycles. The summed E-state index contributed by atoms with van der Waals surface area (Å²) in [6.07, 6.45) is 6.71. The van der Waals surface area contributed by atoms with E-state index in [9.17, 15) is 20.5 Å². The molecule has 0 unspecified atom stereocenters. The van der Waals surface area contributed by atoms with Gasteiger partial charge in [-0.2, -0.15) is 0 Å². The minimum atomic E-state index is -0.486. The van der Waals surface area contributed by atoms with Crippen molar-refractivity contribution in [3.63, 3.8) is 0 Å². The Morgan fingerprint density at radius 2 is 1.88 bits per heavy atom. The van der Waals surface area contributed by atoms with Crippen LogP contribution in [0.25, 0.3) is 11.4 Å². The third kappa shape index (κ3) is 1.97. The van der Waals surface area contributed by atoms with E-state index in [2.05, 4.69) is 0 Å². The SMILES string of the molecule is O=[N+]([O-])c1cccc(-c2n(O)c3c([n+]2[O-])[C@H]2CCC[C@@H]4CCC[C@H]3[C@H]42)c1. The Balaban J connectivity index is 1.67. The maximum atomic E-state index is 13.2. The Morgan fingerprint density at radius 3 is 2.62 bits per heavy atom. The van der Waals surface area contributed by atoms with E-state index in [-0.39, 0.29) is 23.3 Å². The van der Waals surface area contributed by atoms with Crippen LogP contribution in [0, 0.1) is 27.2 Å². The number of non-ortho nitro benzene ring substituents is 1. The highest BCUT2D eigenvalue weighted by Crippen LogP contribution is 2.59. The molecule has 2 saturated carbocycles. The summed E-state index contributed by atoms with van der Waals surface area (Å²) in [5, 5.41) is 35.1. The van der Waals surface area contributed by atoms with Crippen LogP contribution in [0.3, 0.4) is 0 Å². The predicted molar refractivity (Wildman–Crippen MR) is 92.8 cm³/mol. The number of hydrogen-bond donors (Lipinski definition) is 1. The van der Waals surface area contributed by atoms with Gasteiger partial charge in [-0.05, 0) is 35.5 Å². The number of benzene rings is 1. The first-order valence-electron chi connectivity index (χ1n) is 9.40. The van der Waals surface area contributed by atoms with Gasteiger partial charge in [-0.3, -0.25) is 10.1 Å². The van der Waals surface area contributed by atoms with Gasteiger partial charge < -0.3 is 10.4 Å². The number of rotatable bonds is 2. The van der Waals surface area contributed by atoms with Gasteiger partial charge >= 0.3 is 5.82 Å². The van der Waals surface area contributed by atoms with Crippen LogP contribution in [0.4, 0.5) is 5.69 Å². The predicted octanol–water partition coefficient (Wildman–Crippen LogP) is 3.72. The molecule has 0 spiro atoms. The number of nitro benzene ring substituents is 1. The minimum absolute atomic E-state index is 0.0860. The lowest BCUT2D eigenvalue weighted by molar-refractivity contribution is -0.604. The summed E-state index contributed by atoms with van der Waals surface area (Å²) in [5.74, 6) is 1.66. The Labute approximate surface area is 150 Å². The maximum absolute atomic E-state index is 13.2. The number of hydrogen-bond acceptors (Lipinski definition) is 4. The molecule has 136 valence electrons. The quantitative estimate of drug-likeness (QED) is 0.292. The van der Waals surface area contributed by atoms with Crippen LogP contribution in [-0.4, -0.2) is 14.9 Å². The maximum Gasteiger partial charge on any atom is 0.331 e. The molecule has 2 fully saturated rings. The van der Waals surface area contributed by atoms with E-state index in [1.165, 1.54) is 25.0 Å². The van der Waals surface area contributed by atoms with Gasteiger partial charge in [0, 0.05) is 24.0 Å². The van der Waals surface area contributed by atoms with Gasteiger partial charge in [-0.15, -0.1) is 0 Å². The van der Waals surface area contributed by atoms with E-state index >= 15 is 0 Å².